The van der Waals surface area contributed by atoms with Gasteiger partial charge in [0.05, 0.1) is 18.9 Å². The molecule has 0 saturated heterocycles. The third-order valence-electron chi connectivity index (χ3n) is 3.41. The highest BCUT2D eigenvalue weighted by Crippen LogP contribution is 2.30. The number of esters is 1. The van der Waals surface area contributed by atoms with Crippen molar-refractivity contribution in [3.05, 3.63) is 58.3 Å². The minimum atomic E-state index is -4.40. The van der Waals surface area contributed by atoms with Crippen LogP contribution in [0.25, 0.3) is 17.1 Å². The first-order chi connectivity index (χ1) is 12.3. The van der Waals surface area contributed by atoms with Gasteiger partial charge in [-0.1, -0.05) is 33.3 Å². The maximum atomic E-state index is 12.6. The number of rotatable bonds is 3. The average Bonchev–Trinajstić information content (AvgIpc) is 3.10. The average molecular weight is 427 g/mol. The predicted molar refractivity (Wildman–Crippen MR) is 88.6 cm³/mol. The molecule has 0 aliphatic rings. The molecule has 0 radical (unpaired) electrons. The van der Waals surface area contributed by atoms with E-state index in [-0.39, 0.29) is 5.69 Å². The number of methoxy groups -OCH3 is 1. The Kier molecular flexibility index (Phi) is 4.77. The zero-order valence-corrected chi connectivity index (χ0v) is 14.7. The van der Waals surface area contributed by atoms with Crippen LogP contribution in [0.3, 0.4) is 0 Å². The number of ether oxygens (including phenoxy) is 1. The fourth-order valence-electron chi connectivity index (χ4n) is 2.15. The summed E-state index contributed by atoms with van der Waals surface area (Å²) in [5, 5.41) is 7.85. The van der Waals surface area contributed by atoms with Crippen LogP contribution in [-0.4, -0.2) is 33.1 Å². The van der Waals surface area contributed by atoms with Gasteiger partial charge in [-0.2, -0.15) is 13.2 Å². The Balaban J connectivity index is 1.93. The zero-order valence-electron chi connectivity index (χ0n) is 13.2. The summed E-state index contributed by atoms with van der Waals surface area (Å²) in [6.07, 6.45) is -2.90. The maximum absolute atomic E-state index is 12.6. The summed E-state index contributed by atoms with van der Waals surface area (Å²) in [5.41, 5.74) is 0.154. The molecule has 0 spiro atoms. The summed E-state index contributed by atoms with van der Waals surface area (Å²) in [6.45, 7) is 0. The van der Waals surface area contributed by atoms with Crippen LogP contribution in [0.5, 0.6) is 0 Å². The molecule has 0 atom stereocenters. The fourth-order valence-corrected chi connectivity index (χ4v) is 2.57. The van der Waals surface area contributed by atoms with Gasteiger partial charge >= 0.3 is 12.1 Å². The molecule has 0 aliphatic heterocycles. The molecule has 6 nitrogen and oxygen atoms in total. The smallest absolute Gasteiger partial charge is 0.416 e. The number of nitrogens with zero attached hydrogens (tertiary/aromatic N) is 4. The summed E-state index contributed by atoms with van der Waals surface area (Å²) in [6, 6.07) is 7.67. The number of hydrogen-bond acceptors (Lipinski definition) is 5. The summed E-state index contributed by atoms with van der Waals surface area (Å²) in [5.74, 6) is -0.318. The molecular weight excluding hydrogens is 417 g/mol. The molecule has 10 heteroatoms. The van der Waals surface area contributed by atoms with E-state index in [0.717, 1.165) is 12.1 Å². The molecule has 2 heterocycles. The Hall–Kier alpha value is -2.75. The van der Waals surface area contributed by atoms with E-state index in [1.54, 1.807) is 6.07 Å². The van der Waals surface area contributed by atoms with Crippen LogP contribution in [0.4, 0.5) is 13.2 Å². The van der Waals surface area contributed by atoms with Crippen LogP contribution >= 0.6 is 15.9 Å². The molecule has 0 fully saturated rings. The van der Waals surface area contributed by atoms with E-state index >= 15 is 0 Å². The number of aromatic nitrogens is 4. The Morgan fingerprint density at radius 3 is 2.50 bits per heavy atom. The van der Waals surface area contributed by atoms with Crippen LogP contribution in [0, 0.1) is 0 Å². The van der Waals surface area contributed by atoms with Crippen molar-refractivity contribution >= 4 is 21.9 Å². The monoisotopic (exact) mass is 426 g/mol. The quantitative estimate of drug-likeness (QED) is 0.594. The summed E-state index contributed by atoms with van der Waals surface area (Å²) < 4.78 is 44.4. The first kappa shape index (κ1) is 18.1. The molecule has 0 amide bonds. The van der Waals surface area contributed by atoms with Gasteiger partial charge in [-0.15, -0.1) is 5.10 Å². The van der Waals surface area contributed by atoms with Gasteiger partial charge in [0.1, 0.15) is 5.69 Å². The Morgan fingerprint density at radius 2 is 1.88 bits per heavy atom. The van der Waals surface area contributed by atoms with Crippen LogP contribution in [0.15, 0.2) is 47.1 Å². The van der Waals surface area contributed by atoms with E-state index in [1.165, 1.54) is 36.2 Å². The van der Waals surface area contributed by atoms with Crippen LogP contribution < -0.4 is 0 Å². The van der Waals surface area contributed by atoms with Crippen molar-refractivity contribution < 1.29 is 22.7 Å². The lowest BCUT2D eigenvalue weighted by Crippen LogP contribution is -2.08. The molecule has 0 saturated carbocycles. The lowest BCUT2D eigenvalue weighted by molar-refractivity contribution is -0.137. The molecule has 26 heavy (non-hydrogen) atoms. The van der Waals surface area contributed by atoms with Gasteiger partial charge in [-0.3, -0.25) is 0 Å². The summed E-state index contributed by atoms with van der Waals surface area (Å²) in [7, 11) is 1.24. The van der Waals surface area contributed by atoms with Crippen molar-refractivity contribution in [2.45, 2.75) is 6.18 Å². The van der Waals surface area contributed by atoms with E-state index in [9.17, 15) is 18.0 Å². The number of hydrogen-bond donors (Lipinski definition) is 0. The number of carbonyl (C=O) groups excluding carboxylic acids is 1. The summed E-state index contributed by atoms with van der Waals surface area (Å²) >= 11 is 3.27. The van der Waals surface area contributed by atoms with Crippen molar-refractivity contribution in [3.63, 3.8) is 0 Å². The third-order valence-corrected chi connectivity index (χ3v) is 3.87. The van der Waals surface area contributed by atoms with Crippen molar-refractivity contribution in [3.8, 4) is 17.1 Å². The van der Waals surface area contributed by atoms with E-state index in [1.807, 2.05) is 0 Å². The Labute approximate surface area is 153 Å². The second-order valence-corrected chi connectivity index (χ2v) is 6.06. The highest BCUT2D eigenvalue weighted by Gasteiger charge is 2.30. The van der Waals surface area contributed by atoms with Gasteiger partial charge in [-0.25, -0.2) is 14.5 Å². The van der Waals surface area contributed by atoms with Gasteiger partial charge in [0, 0.05) is 10.0 Å². The first-order valence-corrected chi connectivity index (χ1v) is 7.93. The number of carbonyl (C=O) groups is 1. The fraction of sp³-hybridized carbons (Fsp3) is 0.125. The van der Waals surface area contributed by atoms with Crippen LogP contribution in [0.1, 0.15) is 16.1 Å². The predicted octanol–water partition coefficient (Wildman–Crippen LogP) is 3.90. The maximum Gasteiger partial charge on any atom is 0.416 e. The molecular formula is C16H10BrF3N4O2. The summed E-state index contributed by atoms with van der Waals surface area (Å²) in [4.78, 5) is 15.8. The number of benzene rings is 1. The van der Waals surface area contributed by atoms with Gasteiger partial charge in [0.25, 0.3) is 0 Å². The van der Waals surface area contributed by atoms with Crippen molar-refractivity contribution in [1.82, 2.24) is 20.0 Å². The van der Waals surface area contributed by atoms with Gasteiger partial charge in [0.2, 0.25) is 0 Å². The highest BCUT2D eigenvalue weighted by molar-refractivity contribution is 9.10. The van der Waals surface area contributed by atoms with Crippen molar-refractivity contribution in [1.29, 1.82) is 0 Å². The normalized spacial score (nSPS) is 11.4. The second-order valence-electron chi connectivity index (χ2n) is 5.14. The molecule has 0 bridgehead atoms. The van der Waals surface area contributed by atoms with Gasteiger partial charge in [-0.05, 0) is 24.3 Å². The van der Waals surface area contributed by atoms with Gasteiger partial charge in [0.15, 0.2) is 11.5 Å². The Bertz CT molecular complexity index is 955. The van der Waals surface area contributed by atoms with Gasteiger partial charge < -0.3 is 4.74 Å². The third kappa shape index (κ3) is 3.74. The van der Waals surface area contributed by atoms with E-state index in [2.05, 4.69) is 36.0 Å². The molecule has 0 N–H and O–H groups in total. The second kappa shape index (κ2) is 6.87. The zero-order chi connectivity index (χ0) is 18.9. The van der Waals surface area contributed by atoms with E-state index in [0.29, 0.717) is 21.5 Å². The topological polar surface area (TPSA) is 69.9 Å². The van der Waals surface area contributed by atoms with Crippen LogP contribution in [0.2, 0.25) is 0 Å². The Morgan fingerprint density at radius 1 is 1.19 bits per heavy atom. The molecule has 3 aromatic rings. The highest BCUT2D eigenvalue weighted by atomic mass is 79.9. The standard InChI is InChI=1S/C16H10BrF3N4O2/c1-26-15(25)12-6-11(17)7-14(21-12)24-8-13(22-23-24)9-2-4-10(5-3-9)16(18,19)20/h2-8H,1H3. The van der Waals surface area contributed by atoms with E-state index in [4.69, 9.17) is 0 Å². The van der Waals surface area contributed by atoms with E-state index < -0.39 is 17.7 Å². The molecule has 134 valence electrons. The number of pyridine rings is 1. The molecule has 1 aromatic carbocycles. The first-order valence-electron chi connectivity index (χ1n) is 7.14. The van der Waals surface area contributed by atoms with Crippen molar-refractivity contribution in [2.24, 2.45) is 0 Å². The number of halogens is 4. The molecule has 0 aliphatic carbocycles. The molecule has 3 rings (SSSR count). The minimum Gasteiger partial charge on any atom is -0.464 e. The molecule has 0 unspecified atom stereocenters. The van der Waals surface area contributed by atoms with Crippen molar-refractivity contribution in [2.75, 3.05) is 7.11 Å². The molecule has 2 aromatic heterocycles. The van der Waals surface area contributed by atoms with Crippen LogP contribution in [-0.2, 0) is 10.9 Å². The largest absolute Gasteiger partial charge is 0.464 e. The number of alkyl halides is 3. The minimum absolute atomic E-state index is 0.0726. The lowest BCUT2D eigenvalue weighted by atomic mass is 10.1. The lowest BCUT2D eigenvalue weighted by Gasteiger charge is -2.06. The SMILES string of the molecule is COC(=O)c1cc(Br)cc(-n2cc(-c3ccc(C(F)(F)F)cc3)nn2)n1.